The predicted molar refractivity (Wildman–Crippen MR) is 159 cm³/mol. The van der Waals surface area contributed by atoms with Crippen molar-refractivity contribution in [2.24, 2.45) is 5.10 Å². The molecule has 9 heteroatoms. The molecule has 9 nitrogen and oxygen atoms in total. The van der Waals surface area contributed by atoms with E-state index in [4.69, 9.17) is 23.7 Å². The lowest BCUT2D eigenvalue weighted by atomic mass is 10.2. The molecule has 0 radical (unpaired) electrons. The number of nitrogens with zero attached hydrogens (tertiary/aromatic N) is 1. The highest BCUT2D eigenvalue weighted by Crippen LogP contribution is 2.28. The van der Waals surface area contributed by atoms with E-state index in [0.29, 0.717) is 47.3 Å². The topological polar surface area (TPSA) is 105 Å². The summed E-state index contributed by atoms with van der Waals surface area (Å²) < 4.78 is 27.8. The van der Waals surface area contributed by atoms with Crippen molar-refractivity contribution in [1.82, 2.24) is 5.43 Å². The molecule has 0 saturated carbocycles. The molecule has 4 aromatic rings. The molecule has 4 rings (SSSR count). The Morgan fingerprint density at radius 2 is 1.50 bits per heavy atom. The molecule has 0 aliphatic carbocycles. The van der Waals surface area contributed by atoms with Gasteiger partial charge in [-0.15, -0.1) is 0 Å². The van der Waals surface area contributed by atoms with E-state index in [-0.39, 0.29) is 5.75 Å². The number of hydrazone groups is 1. The lowest BCUT2D eigenvalue weighted by molar-refractivity contribution is -0.127. The van der Waals surface area contributed by atoms with Gasteiger partial charge in [0.1, 0.15) is 23.9 Å². The molecule has 0 unspecified atom stereocenters. The quantitative estimate of drug-likeness (QED) is 0.0939. The van der Waals surface area contributed by atoms with E-state index in [9.17, 15) is 9.59 Å². The molecular weight excluding hydrogens is 536 g/mol. The first kappa shape index (κ1) is 29.7. The van der Waals surface area contributed by atoms with Crippen LogP contribution in [0.4, 0.5) is 0 Å². The van der Waals surface area contributed by atoms with Crippen LogP contribution in [0.5, 0.6) is 28.7 Å². The largest absolute Gasteiger partial charge is 0.494 e. The Balaban J connectivity index is 1.26. The van der Waals surface area contributed by atoms with E-state index >= 15 is 0 Å². The van der Waals surface area contributed by atoms with Crippen LogP contribution in [0.15, 0.2) is 102 Å². The van der Waals surface area contributed by atoms with Gasteiger partial charge in [-0.1, -0.05) is 30.3 Å². The fourth-order valence-corrected chi connectivity index (χ4v) is 3.74. The number of hydrogen-bond donors (Lipinski definition) is 1. The average molecular weight is 569 g/mol. The first-order valence-electron chi connectivity index (χ1n) is 13.3. The Labute approximate surface area is 244 Å². The molecule has 0 heterocycles. The van der Waals surface area contributed by atoms with Crippen LogP contribution in [-0.2, 0) is 11.4 Å². The summed E-state index contributed by atoms with van der Waals surface area (Å²) in [5, 5.41) is 4.01. The van der Waals surface area contributed by atoms with Gasteiger partial charge in [-0.25, -0.2) is 10.2 Å². The number of methoxy groups -OCH3 is 1. The summed E-state index contributed by atoms with van der Waals surface area (Å²) in [6.45, 7) is 4.51. The summed E-state index contributed by atoms with van der Waals surface area (Å²) in [7, 11) is 1.47. The van der Waals surface area contributed by atoms with E-state index in [1.807, 2.05) is 37.3 Å². The number of nitrogens with one attached hydrogen (secondary N) is 1. The van der Waals surface area contributed by atoms with Gasteiger partial charge >= 0.3 is 5.97 Å². The third kappa shape index (κ3) is 8.59. The molecule has 0 aliphatic rings. The first-order valence-corrected chi connectivity index (χ1v) is 13.3. The van der Waals surface area contributed by atoms with Crippen LogP contribution in [0.1, 0.15) is 35.3 Å². The Kier molecular flexibility index (Phi) is 10.5. The fraction of sp³-hybridized carbons (Fsp3) is 0.182. The van der Waals surface area contributed by atoms with Gasteiger partial charge in [-0.05, 0) is 91.7 Å². The van der Waals surface area contributed by atoms with E-state index in [1.54, 1.807) is 73.7 Å². The molecule has 1 N–H and O–H groups in total. The van der Waals surface area contributed by atoms with Crippen molar-refractivity contribution >= 4 is 18.1 Å². The van der Waals surface area contributed by atoms with Gasteiger partial charge in [0, 0.05) is 0 Å². The maximum absolute atomic E-state index is 12.6. The summed E-state index contributed by atoms with van der Waals surface area (Å²) in [6, 6.07) is 28.5. The van der Waals surface area contributed by atoms with Crippen molar-refractivity contribution in [3.63, 3.8) is 0 Å². The monoisotopic (exact) mass is 568 g/mol. The van der Waals surface area contributed by atoms with Crippen molar-refractivity contribution in [2.75, 3.05) is 13.7 Å². The minimum Gasteiger partial charge on any atom is -0.494 e. The molecule has 0 aliphatic heterocycles. The van der Waals surface area contributed by atoms with Gasteiger partial charge in [0.05, 0.1) is 25.5 Å². The molecule has 4 aromatic carbocycles. The number of hydrogen-bond acceptors (Lipinski definition) is 8. The molecule has 0 aromatic heterocycles. The lowest BCUT2D eigenvalue weighted by Gasteiger charge is -2.13. The predicted octanol–water partition coefficient (Wildman–Crippen LogP) is 5.81. The molecule has 1 atom stereocenters. The molecule has 42 heavy (non-hydrogen) atoms. The Morgan fingerprint density at radius 1 is 0.833 bits per heavy atom. The number of carbonyl (C=O) groups excluding carboxylic acids is 2. The van der Waals surface area contributed by atoms with E-state index in [0.717, 1.165) is 5.56 Å². The van der Waals surface area contributed by atoms with E-state index in [1.165, 1.54) is 13.3 Å². The first-order chi connectivity index (χ1) is 20.4. The molecule has 0 fully saturated rings. The van der Waals surface area contributed by atoms with Gasteiger partial charge in [0.15, 0.2) is 17.6 Å². The third-order valence-corrected chi connectivity index (χ3v) is 5.93. The standard InChI is InChI=1S/C33H32N2O7/c1-4-39-27-13-11-26(12-14-27)33(37)42-30-19-10-25(20-31(30)38-3)21-34-35-32(36)23(2)41-29-17-15-28(16-18-29)40-22-24-8-6-5-7-9-24/h5-21,23H,4,22H2,1-3H3,(H,35,36)/b34-21-/t23-/m0/s1. The number of benzene rings is 4. The normalized spacial score (nSPS) is 11.4. The van der Waals surface area contributed by atoms with Crippen molar-refractivity contribution in [3.05, 3.63) is 114 Å². The zero-order valence-corrected chi connectivity index (χ0v) is 23.6. The summed E-state index contributed by atoms with van der Waals surface area (Å²) in [5.74, 6) is 1.50. The number of ether oxygens (including phenoxy) is 5. The molecule has 0 saturated heterocycles. The van der Waals surface area contributed by atoms with Gasteiger partial charge in [0.25, 0.3) is 5.91 Å². The van der Waals surface area contributed by atoms with E-state index in [2.05, 4.69) is 10.5 Å². The average Bonchev–Trinajstić information content (AvgIpc) is 3.02. The molecular formula is C33H32N2O7. The van der Waals surface area contributed by atoms with Gasteiger partial charge < -0.3 is 23.7 Å². The number of amides is 1. The number of esters is 1. The van der Waals surface area contributed by atoms with Crippen LogP contribution in [0.3, 0.4) is 0 Å². The Morgan fingerprint density at radius 3 is 2.19 bits per heavy atom. The summed E-state index contributed by atoms with van der Waals surface area (Å²) in [5.41, 5.74) is 4.53. The Bertz CT molecular complexity index is 1490. The molecule has 216 valence electrons. The smallest absolute Gasteiger partial charge is 0.343 e. The molecule has 0 spiro atoms. The Hall–Kier alpha value is -5.31. The zero-order valence-electron chi connectivity index (χ0n) is 23.6. The van der Waals surface area contributed by atoms with Gasteiger partial charge in [-0.3, -0.25) is 4.79 Å². The van der Waals surface area contributed by atoms with Crippen LogP contribution in [0.2, 0.25) is 0 Å². The van der Waals surface area contributed by atoms with Crippen LogP contribution >= 0.6 is 0 Å². The highest BCUT2D eigenvalue weighted by Gasteiger charge is 2.15. The highest BCUT2D eigenvalue weighted by atomic mass is 16.6. The molecule has 1 amide bonds. The van der Waals surface area contributed by atoms with Crippen LogP contribution in [-0.4, -0.2) is 37.9 Å². The van der Waals surface area contributed by atoms with Crippen molar-refractivity contribution in [1.29, 1.82) is 0 Å². The minimum atomic E-state index is -0.794. The van der Waals surface area contributed by atoms with E-state index < -0.39 is 18.0 Å². The van der Waals surface area contributed by atoms with Crippen LogP contribution in [0.25, 0.3) is 0 Å². The van der Waals surface area contributed by atoms with Crippen molar-refractivity contribution < 1.29 is 33.3 Å². The zero-order chi connectivity index (χ0) is 29.7. The maximum atomic E-state index is 12.6. The maximum Gasteiger partial charge on any atom is 0.343 e. The van der Waals surface area contributed by atoms with Crippen LogP contribution in [0, 0.1) is 0 Å². The summed E-state index contributed by atoms with van der Waals surface area (Å²) >= 11 is 0. The summed E-state index contributed by atoms with van der Waals surface area (Å²) in [6.07, 6.45) is 0.654. The second-order valence-electron chi connectivity index (χ2n) is 9.00. The molecule has 0 bridgehead atoms. The fourth-order valence-electron chi connectivity index (χ4n) is 3.74. The van der Waals surface area contributed by atoms with Crippen LogP contribution < -0.4 is 29.1 Å². The second kappa shape index (κ2) is 14.9. The lowest BCUT2D eigenvalue weighted by Crippen LogP contribution is -2.33. The summed E-state index contributed by atoms with van der Waals surface area (Å²) in [4.78, 5) is 25.1. The SMILES string of the molecule is CCOc1ccc(C(=O)Oc2ccc(/C=N\NC(=O)[C@H](C)Oc3ccc(OCc4ccccc4)cc3)cc2OC)cc1. The number of carbonyl (C=O) groups is 2. The highest BCUT2D eigenvalue weighted by molar-refractivity contribution is 5.92. The van der Waals surface area contributed by atoms with Gasteiger partial charge in [0.2, 0.25) is 0 Å². The van der Waals surface area contributed by atoms with Crippen molar-refractivity contribution in [3.8, 4) is 28.7 Å². The minimum absolute atomic E-state index is 0.246. The second-order valence-corrected chi connectivity index (χ2v) is 9.00. The van der Waals surface area contributed by atoms with Gasteiger partial charge in [-0.2, -0.15) is 5.10 Å². The van der Waals surface area contributed by atoms with Crippen molar-refractivity contribution in [2.45, 2.75) is 26.6 Å². The number of rotatable bonds is 13. The third-order valence-electron chi connectivity index (χ3n) is 5.93.